The lowest BCUT2D eigenvalue weighted by Gasteiger charge is -2.36. The maximum atomic E-state index is 11.7. The number of cyclic esters (lactones) is 1. The van der Waals surface area contributed by atoms with Gasteiger partial charge in [-0.2, -0.15) is 0 Å². The van der Waals surface area contributed by atoms with Crippen LogP contribution in [0.5, 0.6) is 0 Å². The van der Waals surface area contributed by atoms with Crippen LogP contribution >= 0.6 is 0 Å². The predicted molar refractivity (Wildman–Crippen MR) is 96.4 cm³/mol. The zero-order valence-corrected chi connectivity index (χ0v) is 16.4. The van der Waals surface area contributed by atoms with Crippen LogP contribution in [-0.4, -0.2) is 20.9 Å². The Morgan fingerprint density at radius 3 is 2.57 bits per heavy atom. The lowest BCUT2D eigenvalue weighted by molar-refractivity contribution is 0.0534. The van der Waals surface area contributed by atoms with Crippen molar-refractivity contribution < 1.29 is 14.0 Å². The van der Waals surface area contributed by atoms with Crippen LogP contribution in [0.4, 0.5) is 0 Å². The minimum atomic E-state index is -1.63. The number of carbonyl (C=O) groups is 1. The van der Waals surface area contributed by atoms with Crippen LogP contribution < -0.4 is 0 Å². The second-order valence-electron chi connectivity index (χ2n) is 8.09. The van der Waals surface area contributed by atoms with Crippen molar-refractivity contribution in [3.8, 4) is 0 Å². The number of benzene rings is 1. The molecule has 2 rings (SSSR count). The SMILES string of the molecule is Cc1cc(CCCCO[Si](C)(C)C(C)(C)C)c2c(c1)C(=O)OC2. The van der Waals surface area contributed by atoms with E-state index >= 15 is 0 Å². The second-order valence-corrected chi connectivity index (χ2v) is 12.9. The highest BCUT2D eigenvalue weighted by Crippen LogP contribution is 2.36. The number of esters is 1. The number of ether oxygens (including phenoxy) is 1. The highest BCUT2D eigenvalue weighted by Gasteiger charge is 2.36. The first kappa shape index (κ1) is 18.2. The third-order valence-corrected chi connectivity index (χ3v) is 9.70. The molecule has 0 atom stereocenters. The number of aryl methyl sites for hydroxylation is 2. The van der Waals surface area contributed by atoms with Gasteiger partial charge in [-0.15, -0.1) is 0 Å². The molecule has 1 heterocycles. The molecule has 0 amide bonds. The van der Waals surface area contributed by atoms with E-state index in [-0.39, 0.29) is 11.0 Å². The number of carbonyl (C=O) groups excluding carboxylic acids is 1. The molecule has 128 valence electrons. The van der Waals surface area contributed by atoms with E-state index < -0.39 is 8.32 Å². The van der Waals surface area contributed by atoms with Crippen molar-refractivity contribution in [2.75, 3.05) is 6.61 Å². The first-order valence-corrected chi connectivity index (χ1v) is 11.5. The standard InChI is InChI=1S/C19H30O3Si/c1-14-11-15(17-13-21-18(20)16(17)12-14)9-7-8-10-22-23(5,6)19(2,3)4/h11-12H,7-10,13H2,1-6H3. The van der Waals surface area contributed by atoms with Crippen LogP contribution in [0.25, 0.3) is 0 Å². The van der Waals surface area contributed by atoms with Gasteiger partial charge < -0.3 is 9.16 Å². The Hall–Kier alpha value is -1.13. The normalized spacial score (nSPS) is 14.8. The summed E-state index contributed by atoms with van der Waals surface area (Å²) in [6.45, 7) is 14.7. The van der Waals surface area contributed by atoms with E-state index in [4.69, 9.17) is 9.16 Å². The summed E-state index contributed by atoms with van der Waals surface area (Å²) in [5, 5.41) is 0.266. The Balaban J connectivity index is 1.87. The molecule has 0 bridgehead atoms. The molecule has 3 nitrogen and oxygen atoms in total. The summed E-state index contributed by atoms with van der Waals surface area (Å²) < 4.78 is 11.4. The van der Waals surface area contributed by atoms with Gasteiger partial charge in [-0.05, 0) is 61.5 Å². The molecule has 0 unspecified atom stereocenters. The topological polar surface area (TPSA) is 35.5 Å². The minimum absolute atomic E-state index is 0.175. The Kier molecular flexibility index (Phi) is 5.36. The molecule has 4 heteroatoms. The van der Waals surface area contributed by atoms with Gasteiger partial charge >= 0.3 is 5.97 Å². The first-order chi connectivity index (χ1) is 10.6. The molecule has 0 fully saturated rings. The van der Waals surface area contributed by atoms with Gasteiger partial charge in [0.25, 0.3) is 0 Å². The molecule has 0 aromatic heterocycles. The Bertz CT molecular complexity index is 585. The molecule has 0 saturated heterocycles. The van der Waals surface area contributed by atoms with Gasteiger partial charge in [0, 0.05) is 12.2 Å². The number of hydrogen-bond donors (Lipinski definition) is 0. The van der Waals surface area contributed by atoms with Crippen LogP contribution in [-0.2, 0) is 22.2 Å². The lowest BCUT2D eigenvalue weighted by Crippen LogP contribution is -2.40. The highest BCUT2D eigenvalue weighted by molar-refractivity contribution is 6.74. The number of hydrogen-bond acceptors (Lipinski definition) is 3. The monoisotopic (exact) mass is 334 g/mol. The molecule has 0 saturated carbocycles. The smallest absolute Gasteiger partial charge is 0.338 e. The third-order valence-electron chi connectivity index (χ3n) is 5.16. The summed E-state index contributed by atoms with van der Waals surface area (Å²) in [7, 11) is -1.63. The molecule has 23 heavy (non-hydrogen) atoms. The van der Waals surface area contributed by atoms with Gasteiger partial charge in [0.1, 0.15) is 6.61 Å². The average molecular weight is 335 g/mol. The molecule has 0 N–H and O–H groups in total. The van der Waals surface area contributed by atoms with Crippen LogP contribution in [0.2, 0.25) is 18.1 Å². The molecular weight excluding hydrogens is 304 g/mol. The van der Waals surface area contributed by atoms with E-state index in [0.29, 0.717) is 6.61 Å². The van der Waals surface area contributed by atoms with Gasteiger partial charge in [0.2, 0.25) is 0 Å². The molecule has 0 radical (unpaired) electrons. The van der Waals surface area contributed by atoms with Crippen LogP contribution in [0.15, 0.2) is 12.1 Å². The van der Waals surface area contributed by atoms with Crippen molar-refractivity contribution in [3.63, 3.8) is 0 Å². The van der Waals surface area contributed by atoms with Crippen molar-refractivity contribution in [2.24, 2.45) is 0 Å². The second kappa shape index (κ2) is 6.77. The highest BCUT2D eigenvalue weighted by atomic mass is 28.4. The average Bonchev–Trinajstić information content (AvgIpc) is 2.78. The van der Waals surface area contributed by atoms with E-state index in [0.717, 1.165) is 42.6 Å². The molecular formula is C19H30O3Si. The van der Waals surface area contributed by atoms with Crippen molar-refractivity contribution in [2.45, 2.75) is 71.7 Å². The lowest BCUT2D eigenvalue weighted by atomic mass is 9.96. The fourth-order valence-corrected chi connectivity index (χ4v) is 3.73. The first-order valence-electron chi connectivity index (χ1n) is 8.55. The summed E-state index contributed by atoms with van der Waals surface area (Å²) in [6, 6.07) is 4.13. The summed E-state index contributed by atoms with van der Waals surface area (Å²) in [6.07, 6.45) is 3.13. The van der Waals surface area contributed by atoms with Crippen LogP contribution in [0.1, 0.15) is 60.7 Å². The largest absolute Gasteiger partial charge is 0.457 e. The molecule has 0 spiro atoms. The van der Waals surface area contributed by atoms with Crippen molar-refractivity contribution >= 4 is 14.3 Å². The quantitative estimate of drug-likeness (QED) is 0.417. The van der Waals surface area contributed by atoms with Gasteiger partial charge in [-0.3, -0.25) is 0 Å². The number of unbranched alkanes of at least 4 members (excludes halogenated alkanes) is 1. The van der Waals surface area contributed by atoms with Crippen LogP contribution in [0, 0.1) is 6.92 Å². The number of fused-ring (bicyclic) bond motifs is 1. The van der Waals surface area contributed by atoms with E-state index in [9.17, 15) is 4.79 Å². The van der Waals surface area contributed by atoms with Crippen molar-refractivity contribution in [1.82, 2.24) is 0 Å². The summed E-state index contributed by atoms with van der Waals surface area (Å²) in [4.78, 5) is 11.7. The van der Waals surface area contributed by atoms with Crippen LogP contribution in [0.3, 0.4) is 0 Å². The Labute approximate surface area is 141 Å². The third kappa shape index (κ3) is 4.24. The van der Waals surface area contributed by atoms with Gasteiger partial charge in [0.15, 0.2) is 8.32 Å². The van der Waals surface area contributed by atoms with Crippen molar-refractivity contribution in [3.05, 3.63) is 34.4 Å². The summed E-state index contributed by atoms with van der Waals surface area (Å²) in [5.41, 5.74) is 4.25. The van der Waals surface area contributed by atoms with E-state index in [1.807, 2.05) is 13.0 Å². The fourth-order valence-electron chi connectivity index (χ4n) is 2.64. The minimum Gasteiger partial charge on any atom is -0.457 e. The predicted octanol–water partition coefficient (Wildman–Crippen LogP) is 5.01. The molecule has 1 aromatic rings. The van der Waals surface area contributed by atoms with Gasteiger partial charge in [-0.1, -0.05) is 26.8 Å². The zero-order valence-electron chi connectivity index (χ0n) is 15.4. The summed E-state index contributed by atoms with van der Waals surface area (Å²) in [5.74, 6) is -0.175. The van der Waals surface area contributed by atoms with Gasteiger partial charge in [-0.25, -0.2) is 4.79 Å². The summed E-state index contributed by atoms with van der Waals surface area (Å²) >= 11 is 0. The molecule has 0 aliphatic carbocycles. The van der Waals surface area contributed by atoms with E-state index in [2.05, 4.69) is 39.9 Å². The molecule has 1 aliphatic rings. The fraction of sp³-hybridized carbons (Fsp3) is 0.632. The maximum absolute atomic E-state index is 11.7. The Morgan fingerprint density at radius 2 is 1.91 bits per heavy atom. The van der Waals surface area contributed by atoms with Crippen molar-refractivity contribution in [1.29, 1.82) is 0 Å². The van der Waals surface area contributed by atoms with E-state index in [1.54, 1.807) is 0 Å². The van der Waals surface area contributed by atoms with Gasteiger partial charge in [0.05, 0.1) is 5.56 Å². The molecule has 1 aliphatic heterocycles. The molecule has 1 aromatic carbocycles. The Morgan fingerprint density at radius 1 is 1.22 bits per heavy atom. The van der Waals surface area contributed by atoms with E-state index in [1.165, 1.54) is 5.56 Å². The number of rotatable bonds is 6. The maximum Gasteiger partial charge on any atom is 0.338 e. The zero-order chi connectivity index (χ0) is 17.3.